The van der Waals surface area contributed by atoms with Gasteiger partial charge < -0.3 is 9.30 Å². The molecule has 0 aliphatic rings. The van der Waals surface area contributed by atoms with Gasteiger partial charge in [0.2, 0.25) is 0 Å². The van der Waals surface area contributed by atoms with Crippen molar-refractivity contribution < 1.29 is 4.74 Å². The molecule has 2 rings (SSSR count). The second-order valence-corrected chi connectivity index (χ2v) is 5.38. The smallest absolute Gasteiger partial charge is 0.191 e. The molecule has 0 aliphatic carbocycles. The molecule has 0 bridgehead atoms. The van der Waals surface area contributed by atoms with Crippen molar-refractivity contribution in [1.82, 2.24) is 14.8 Å². The summed E-state index contributed by atoms with van der Waals surface area (Å²) >= 11 is 7.78. The van der Waals surface area contributed by atoms with Gasteiger partial charge in [0.1, 0.15) is 6.33 Å². The molecule has 0 aliphatic heterocycles. The molecule has 1 aromatic heterocycles. The first-order chi connectivity index (χ1) is 9.31. The average Bonchev–Trinajstić information content (AvgIpc) is 2.86. The second kappa shape index (κ2) is 7.53. The SMILES string of the molecule is COCCCn1cnnc1SCc1ccccc1Cl. The summed E-state index contributed by atoms with van der Waals surface area (Å²) in [7, 11) is 1.71. The number of thioether (sulfide) groups is 1. The largest absolute Gasteiger partial charge is 0.385 e. The topological polar surface area (TPSA) is 39.9 Å². The van der Waals surface area contributed by atoms with E-state index in [0.29, 0.717) is 0 Å². The van der Waals surface area contributed by atoms with E-state index in [9.17, 15) is 0 Å². The van der Waals surface area contributed by atoms with Crippen molar-refractivity contribution in [1.29, 1.82) is 0 Å². The van der Waals surface area contributed by atoms with Gasteiger partial charge in [-0.25, -0.2) is 0 Å². The van der Waals surface area contributed by atoms with Crippen LogP contribution < -0.4 is 0 Å². The number of methoxy groups -OCH3 is 1. The maximum Gasteiger partial charge on any atom is 0.191 e. The van der Waals surface area contributed by atoms with Crippen LogP contribution in [0.1, 0.15) is 12.0 Å². The highest BCUT2D eigenvalue weighted by Crippen LogP contribution is 2.25. The lowest BCUT2D eigenvalue weighted by atomic mass is 10.2. The van der Waals surface area contributed by atoms with Crippen LogP contribution in [0.4, 0.5) is 0 Å². The molecule has 1 aromatic carbocycles. The molecule has 0 atom stereocenters. The highest BCUT2D eigenvalue weighted by atomic mass is 35.5. The van der Waals surface area contributed by atoms with Crippen molar-refractivity contribution in [2.75, 3.05) is 13.7 Å². The molecule has 0 fully saturated rings. The quantitative estimate of drug-likeness (QED) is 0.581. The van der Waals surface area contributed by atoms with E-state index in [1.807, 2.05) is 28.8 Å². The van der Waals surface area contributed by atoms with Crippen LogP contribution in [0.25, 0.3) is 0 Å². The van der Waals surface area contributed by atoms with Crippen molar-refractivity contribution in [2.24, 2.45) is 0 Å². The highest BCUT2D eigenvalue weighted by Gasteiger charge is 2.06. The minimum Gasteiger partial charge on any atom is -0.385 e. The number of hydrogen-bond donors (Lipinski definition) is 0. The minimum atomic E-state index is 0.743. The molecule has 6 heteroatoms. The number of hydrogen-bond acceptors (Lipinski definition) is 4. The molecule has 0 amide bonds. The zero-order valence-corrected chi connectivity index (χ0v) is 12.3. The first-order valence-corrected chi connectivity index (χ1v) is 7.40. The molecule has 0 N–H and O–H groups in total. The minimum absolute atomic E-state index is 0.743. The Morgan fingerprint density at radius 2 is 2.21 bits per heavy atom. The molecule has 0 unspecified atom stereocenters. The van der Waals surface area contributed by atoms with Gasteiger partial charge in [-0.1, -0.05) is 41.6 Å². The van der Waals surface area contributed by atoms with E-state index >= 15 is 0 Å². The summed E-state index contributed by atoms with van der Waals surface area (Å²) in [6.45, 7) is 1.61. The third-order valence-electron chi connectivity index (χ3n) is 2.64. The Kier molecular flexibility index (Phi) is 5.69. The van der Waals surface area contributed by atoms with Gasteiger partial charge in [0.25, 0.3) is 0 Å². The Labute approximate surface area is 122 Å². The second-order valence-electron chi connectivity index (χ2n) is 4.03. The predicted octanol–water partition coefficient (Wildman–Crippen LogP) is 3.26. The summed E-state index contributed by atoms with van der Waals surface area (Å²) < 4.78 is 7.09. The van der Waals surface area contributed by atoms with Crippen molar-refractivity contribution in [2.45, 2.75) is 23.9 Å². The van der Waals surface area contributed by atoms with E-state index in [0.717, 1.165) is 41.1 Å². The molecule has 2 aromatic rings. The lowest BCUT2D eigenvalue weighted by Gasteiger charge is -2.06. The number of halogens is 1. The molecule has 102 valence electrons. The fourth-order valence-electron chi connectivity index (χ4n) is 1.65. The van der Waals surface area contributed by atoms with E-state index in [1.54, 1.807) is 25.2 Å². The average molecular weight is 298 g/mol. The van der Waals surface area contributed by atoms with Crippen LogP contribution in [0.5, 0.6) is 0 Å². The van der Waals surface area contributed by atoms with Gasteiger partial charge >= 0.3 is 0 Å². The monoisotopic (exact) mass is 297 g/mol. The number of nitrogens with zero attached hydrogens (tertiary/aromatic N) is 3. The summed E-state index contributed by atoms with van der Waals surface area (Å²) in [5.74, 6) is 0.794. The number of aryl methyl sites for hydroxylation is 1. The number of rotatable bonds is 7. The van der Waals surface area contributed by atoms with Crippen LogP contribution in [0.15, 0.2) is 35.7 Å². The Bertz CT molecular complexity index is 518. The van der Waals surface area contributed by atoms with Crippen molar-refractivity contribution in [3.8, 4) is 0 Å². The van der Waals surface area contributed by atoms with Crippen LogP contribution in [-0.4, -0.2) is 28.5 Å². The lowest BCUT2D eigenvalue weighted by Crippen LogP contribution is -2.02. The molecule has 19 heavy (non-hydrogen) atoms. The van der Waals surface area contributed by atoms with Gasteiger partial charge in [-0.3, -0.25) is 0 Å². The fourth-order valence-corrected chi connectivity index (χ4v) is 2.87. The van der Waals surface area contributed by atoms with Crippen molar-refractivity contribution in [3.63, 3.8) is 0 Å². The predicted molar refractivity (Wildman–Crippen MR) is 77.5 cm³/mol. The lowest BCUT2D eigenvalue weighted by molar-refractivity contribution is 0.189. The fraction of sp³-hybridized carbons (Fsp3) is 0.385. The van der Waals surface area contributed by atoms with E-state index in [2.05, 4.69) is 10.2 Å². The first kappa shape index (κ1) is 14.4. The van der Waals surface area contributed by atoms with Crippen LogP contribution in [0, 0.1) is 0 Å². The summed E-state index contributed by atoms with van der Waals surface area (Å²) in [4.78, 5) is 0. The third-order valence-corrected chi connectivity index (χ3v) is 4.04. The molecular formula is C13H16ClN3OS. The van der Waals surface area contributed by atoms with Gasteiger partial charge in [-0.05, 0) is 18.1 Å². The summed E-state index contributed by atoms with van der Waals surface area (Å²) in [6.07, 6.45) is 2.71. The molecule has 0 saturated heterocycles. The summed E-state index contributed by atoms with van der Waals surface area (Å²) in [5.41, 5.74) is 1.11. The van der Waals surface area contributed by atoms with Crippen LogP contribution in [0.2, 0.25) is 5.02 Å². The Balaban J connectivity index is 1.93. The highest BCUT2D eigenvalue weighted by molar-refractivity contribution is 7.98. The molecule has 4 nitrogen and oxygen atoms in total. The van der Waals surface area contributed by atoms with Gasteiger partial charge in [-0.15, -0.1) is 10.2 Å². The Morgan fingerprint density at radius 1 is 1.37 bits per heavy atom. The zero-order valence-electron chi connectivity index (χ0n) is 10.8. The van der Waals surface area contributed by atoms with Crippen LogP contribution >= 0.6 is 23.4 Å². The Morgan fingerprint density at radius 3 is 3.00 bits per heavy atom. The van der Waals surface area contributed by atoms with E-state index in [1.165, 1.54) is 0 Å². The third kappa shape index (κ3) is 4.23. The van der Waals surface area contributed by atoms with E-state index < -0.39 is 0 Å². The van der Waals surface area contributed by atoms with Crippen molar-refractivity contribution >= 4 is 23.4 Å². The maximum absolute atomic E-state index is 6.13. The summed E-state index contributed by atoms with van der Waals surface area (Å²) in [6, 6.07) is 7.86. The molecule has 1 heterocycles. The zero-order chi connectivity index (χ0) is 13.5. The van der Waals surface area contributed by atoms with Gasteiger partial charge in [-0.2, -0.15) is 0 Å². The molecule has 0 saturated carbocycles. The van der Waals surface area contributed by atoms with Crippen LogP contribution in [-0.2, 0) is 17.0 Å². The van der Waals surface area contributed by atoms with Crippen LogP contribution in [0.3, 0.4) is 0 Å². The van der Waals surface area contributed by atoms with E-state index in [-0.39, 0.29) is 0 Å². The van der Waals surface area contributed by atoms with E-state index in [4.69, 9.17) is 16.3 Å². The number of ether oxygens (including phenoxy) is 1. The van der Waals surface area contributed by atoms with Gasteiger partial charge in [0, 0.05) is 31.0 Å². The molecule has 0 radical (unpaired) electrons. The molecule has 0 spiro atoms. The summed E-state index contributed by atoms with van der Waals surface area (Å²) in [5, 5.41) is 9.79. The van der Waals surface area contributed by atoms with Crippen molar-refractivity contribution in [3.05, 3.63) is 41.2 Å². The number of aromatic nitrogens is 3. The normalized spacial score (nSPS) is 10.8. The first-order valence-electron chi connectivity index (χ1n) is 6.04. The standard InChI is InChI=1S/C13H16ClN3OS/c1-18-8-4-7-17-10-15-16-13(17)19-9-11-5-2-3-6-12(11)14/h2-3,5-6,10H,4,7-9H2,1H3. The molecular weight excluding hydrogens is 282 g/mol. The number of benzene rings is 1. The Hall–Kier alpha value is -1.04. The van der Waals surface area contributed by atoms with Gasteiger partial charge in [0.05, 0.1) is 0 Å². The van der Waals surface area contributed by atoms with Gasteiger partial charge in [0.15, 0.2) is 5.16 Å². The maximum atomic E-state index is 6.13.